The van der Waals surface area contributed by atoms with Crippen LogP contribution in [0.3, 0.4) is 0 Å². The van der Waals surface area contributed by atoms with Gasteiger partial charge in [-0.1, -0.05) is 23.9 Å². The lowest BCUT2D eigenvalue weighted by Crippen LogP contribution is -2.32. The first-order valence-corrected chi connectivity index (χ1v) is 9.02. The van der Waals surface area contributed by atoms with Gasteiger partial charge in [-0.25, -0.2) is 9.37 Å². The molecule has 0 spiro atoms. The number of aromatic nitrogens is 1. The number of fused-ring (bicyclic) bond motifs is 1. The van der Waals surface area contributed by atoms with Gasteiger partial charge in [-0.3, -0.25) is 4.79 Å². The van der Waals surface area contributed by atoms with E-state index in [2.05, 4.69) is 4.98 Å². The summed E-state index contributed by atoms with van der Waals surface area (Å²) >= 11 is 3.03. The minimum atomic E-state index is -0.305. The third kappa shape index (κ3) is 3.71. The molecular weight excluding hydrogens is 331 g/mol. The minimum absolute atomic E-state index is 0.0108. The van der Waals surface area contributed by atoms with E-state index in [1.165, 1.54) is 23.9 Å². The highest BCUT2D eigenvalue weighted by molar-refractivity contribution is 8.01. The summed E-state index contributed by atoms with van der Waals surface area (Å²) in [4.78, 5) is 18.6. The molecule has 0 aliphatic rings. The normalized spacial score (nSPS) is 10.9. The van der Waals surface area contributed by atoms with Crippen molar-refractivity contribution in [1.29, 1.82) is 0 Å². The van der Waals surface area contributed by atoms with Gasteiger partial charge in [-0.05, 0) is 43.3 Å². The van der Waals surface area contributed by atoms with Gasteiger partial charge in [0.25, 0.3) is 0 Å². The Bertz CT molecular complexity index is 784. The lowest BCUT2D eigenvalue weighted by Gasteiger charge is -2.20. The summed E-state index contributed by atoms with van der Waals surface area (Å²) < 4.78 is 15.0. The van der Waals surface area contributed by atoms with E-state index in [1.54, 1.807) is 28.4 Å². The minimum Gasteiger partial charge on any atom is -0.312 e. The van der Waals surface area contributed by atoms with E-state index in [0.717, 1.165) is 14.6 Å². The van der Waals surface area contributed by atoms with Crippen LogP contribution in [-0.4, -0.2) is 23.2 Å². The number of para-hydroxylation sites is 1. The van der Waals surface area contributed by atoms with Crippen molar-refractivity contribution >= 4 is 44.9 Å². The summed E-state index contributed by atoms with van der Waals surface area (Å²) in [7, 11) is 0. The number of thioether (sulfide) groups is 1. The summed E-state index contributed by atoms with van der Waals surface area (Å²) in [5.41, 5.74) is 1.67. The molecule has 0 bridgehead atoms. The fraction of sp³-hybridized carbons (Fsp3) is 0.176. The first-order valence-electron chi connectivity index (χ1n) is 7.21. The maximum atomic E-state index is 13.0. The quantitative estimate of drug-likeness (QED) is 0.634. The number of anilines is 1. The van der Waals surface area contributed by atoms with Crippen LogP contribution in [0.25, 0.3) is 10.2 Å². The molecule has 0 radical (unpaired) electrons. The summed E-state index contributed by atoms with van der Waals surface area (Å²) in [6, 6.07) is 13.9. The van der Waals surface area contributed by atoms with Gasteiger partial charge >= 0.3 is 0 Å². The third-order valence-corrected chi connectivity index (χ3v) is 5.51. The number of halogens is 1. The molecule has 0 saturated carbocycles. The fourth-order valence-electron chi connectivity index (χ4n) is 2.24. The number of thiazole rings is 1. The van der Waals surface area contributed by atoms with E-state index in [1.807, 2.05) is 31.2 Å². The molecule has 0 atom stereocenters. The van der Waals surface area contributed by atoms with Crippen molar-refractivity contribution in [3.05, 3.63) is 54.3 Å². The SMILES string of the molecule is CCN(C(=O)CSc1nc2ccccc2s1)c1ccc(F)cc1. The first-order chi connectivity index (χ1) is 11.2. The molecule has 23 heavy (non-hydrogen) atoms. The predicted octanol–water partition coefficient (Wildman–Crippen LogP) is 4.58. The molecule has 118 valence electrons. The molecule has 0 N–H and O–H groups in total. The van der Waals surface area contributed by atoms with E-state index in [4.69, 9.17) is 0 Å². The Balaban J connectivity index is 1.68. The second-order valence-corrected chi connectivity index (χ2v) is 7.10. The average molecular weight is 346 g/mol. The van der Waals surface area contributed by atoms with E-state index in [9.17, 15) is 9.18 Å². The topological polar surface area (TPSA) is 33.2 Å². The number of nitrogens with zero attached hydrogens (tertiary/aromatic N) is 2. The molecule has 0 unspecified atom stereocenters. The van der Waals surface area contributed by atoms with Crippen LogP contribution in [-0.2, 0) is 4.79 Å². The molecule has 2 aromatic carbocycles. The highest BCUT2D eigenvalue weighted by Gasteiger charge is 2.15. The molecule has 1 aromatic heterocycles. The number of carbonyl (C=O) groups excluding carboxylic acids is 1. The molecule has 0 saturated heterocycles. The van der Waals surface area contributed by atoms with Crippen molar-refractivity contribution in [3.63, 3.8) is 0 Å². The van der Waals surface area contributed by atoms with Crippen molar-refractivity contribution in [3.8, 4) is 0 Å². The molecule has 0 aliphatic carbocycles. The number of carbonyl (C=O) groups is 1. The third-order valence-electron chi connectivity index (χ3n) is 3.35. The Morgan fingerprint density at radius 2 is 1.96 bits per heavy atom. The fourth-order valence-corrected chi connectivity index (χ4v) is 4.18. The Morgan fingerprint density at radius 1 is 1.22 bits per heavy atom. The van der Waals surface area contributed by atoms with Crippen LogP contribution >= 0.6 is 23.1 Å². The first kappa shape index (κ1) is 16.0. The van der Waals surface area contributed by atoms with Gasteiger partial charge in [0.15, 0.2) is 4.34 Å². The highest BCUT2D eigenvalue weighted by Crippen LogP contribution is 2.29. The van der Waals surface area contributed by atoms with Crippen LogP contribution in [0.5, 0.6) is 0 Å². The van der Waals surface area contributed by atoms with Gasteiger partial charge in [0.1, 0.15) is 5.82 Å². The molecule has 3 aromatic rings. The Labute approximate surface area is 142 Å². The maximum Gasteiger partial charge on any atom is 0.237 e. The molecule has 3 rings (SSSR count). The van der Waals surface area contributed by atoms with Crippen LogP contribution in [0, 0.1) is 5.82 Å². The number of hydrogen-bond acceptors (Lipinski definition) is 4. The second kappa shape index (κ2) is 7.10. The number of hydrogen-bond donors (Lipinski definition) is 0. The zero-order valence-corrected chi connectivity index (χ0v) is 14.2. The van der Waals surface area contributed by atoms with Gasteiger partial charge in [0.05, 0.1) is 16.0 Å². The zero-order chi connectivity index (χ0) is 16.2. The van der Waals surface area contributed by atoms with Crippen LogP contribution in [0.4, 0.5) is 10.1 Å². The van der Waals surface area contributed by atoms with Crippen LogP contribution in [0.15, 0.2) is 52.9 Å². The van der Waals surface area contributed by atoms with Crippen molar-refractivity contribution in [2.24, 2.45) is 0 Å². The molecule has 1 heterocycles. The Kier molecular flexibility index (Phi) is 4.93. The molecule has 0 fully saturated rings. The standard InChI is InChI=1S/C17H15FN2OS2/c1-2-20(13-9-7-12(18)8-10-13)16(21)11-22-17-19-14-5-3-4-6-15(14)23-17/h3-10H,2,11H2,1H3. The average Bonchev–Trinajstić information content (AvgIpc) is 2.98. The van der Waals surface area contributed by atoms with E-state index in [-0.39, 0.29) is 11.7 Å². The largest absolute Gasteiger partial charge is 0.312 e. The summed E-state index contributed by atoms with van der Waals surface area (Å²) in [5.74, 6) is -0.00475. The molecule has 0 aliphatic heterocycles. The zero-order valence-electron chi connectivity index (χ0n) is 12.5. The second-order valence-electron chi connectivity index (χ2n) is 4.85. The van der Waals surface area contributed by atoms with Gasteiger partial charge in [-0.2, -0.15) is 0 Å². The molecule has 6 heteroatoms. The van der Waals surface area contributed by atoms with E-state index >= 15 is 0 Å². The lowest BCUT2D eigenvalue weighted by molar-refractivity contribution is -0.116. The number of benzene rings is 2. The molecular formula is C17H15FN2OS2. The lowest BCUT2D eigenvalue weighted by atomic mass is 10.3. The number of rotatable bonds is 5. The maximum absolute atomic E-state index is 13.0. The van der Waals surface area contributed by atoms with Gasteiger partial charge in [0, 0.05) is 12.2 Å². The van der Waals surface area contributed by atoms with Crippen molar-refractivity contribution in [1.82, 2.24) is 4.98 Å². The van der Waals surface area contributed by atoms with Crippen molar-refractivity contribution in [2.45, 2.75) is 11.3 Å². The summed E-state index contributed by atoms with van der Waals surface area (Å²) in [6.07, 6.45) is 0. The highest BCUT2D eigenvalue weighted by atomic mass is 32.2. The Morgan fingerprint density at radius 3 is 2.65 bits per heavy atom. The predicted molar refractivity (Wildman–Crippen MR) is 94.8 cm³/mol. The van der Waals surface area contributed by atoms with Crippen LogP contribution in [0.2, 0.25) is 0 Å². The molecule has 3 nitrogen and oxygen atoms in total. The van der Waals surface area contributed by atoms with E-state index in [0.29, 0.717) is 18.0 Å². The smallest absolute Gasteiger partial charge is 0.237 e. The van der Waals surface area contributed by atoms with Crippen LogP contribution < -0.4 is 4.90 Å². The van der Waals surface area contributed by atoms with Gasteiger partial charge in [-0.15, -0.1) is 11.3 Å². The van der Waals surface area contributed by atoms with E-state index < -0.39 is 0 Å². The van der Waals surface area contributed by atoms with Gasteiger partial charge in [0.2, 0.25) is 5.91 Å². The van der Waals surface area contributed by atoms with Gasteiger partial charge < -0.3 is 4.90 Å². The van der Waals surface area contributed by atoms with Crippen molar-refractivity contribution in [2.75, 3.05) is 17.2 Å². The number of amides is 1. The summed E-state index contributed by atoms with van der Waals surface area (Å²) in [6.45, 7) is 2.45. The van der Waals surface area contributed by atoms with Crippen molar-refractivity contribution < 1.29 is 9.18 Å². The monoisotopic (exact) mass is 346 g/mol. The summed E-state index contributed by atoms with van der Waals surface area (Å²) in [5, 5.41) is 0. The Hall–Kier alpha value is -1.92. The van der Waals surface area contributed by atoms with Crippen LogP contribution in [0.1, 0.15) is 6.92 Å². The molecule has 1 amide bonds.